The molecule has 1 amide bonds. The summed E-state index contributed by atoms with van der Waals surface area (Å²) in [6.45, 7) is 2.29. The van der Waals surface area contributed by atoms with Gasteiger partial charge in [-0.05, 0) is 27.8 Å². The Morgan fingerprint density at radius 2 is 1.83 bits per heavy atom. The van der Waals surface area contributed by atoms with Gasteiger partial charge in [-0.15, -0.1) is 0 Å². The van der Waals surface area contributed by atoms with Gasteiger partial charge in [-0.3, -0.25) is 9.48 Å². The lowest BCUT2D eigenvalue weighted by atomic mass is 9.87. The number of hydrogen-bond acceptors (Lipinski definition) is 3. The standard InChI is InChI=1S/C21H19F3N4O/c1-13(29)26-9-10-28-12-14(11-27-28)15-6-4-8-18-19(15)16-5-2-3-7-17(16)20(18,25)21(22,23)24/h2-8,11-12H,9-10,25H2,1H3,(H,26,29). The van der Waals surface area contributed by atoms with Gasteiger partial charge in [0.25, 0.3) is 0 Å². The maximum Gasteiger partial charge on any atom is 0.414 e. The van der Waals surface area contributed by atoms with E-state index in [2.05, 4.69) is 10.4 Å². The number of nitrogens with one attached hydrogen (secondary N) is 1. The lowest BCUT2D eigenvalue weighted by molar-refractivity contribution is -0.175. The van der Waals surface area contributed by atoms with Gasteiger partial charge in [0, 0.05) is 25.2 Å². The van der Waals surface area contributed by atoms with Gasteiger partial charge in [-0.25, -0.2) is 0 Å². The molecular formula is C21H19F3N4O. The van der Waals surface area contributed by atoms with E-state index < -0.39 is 11.7 Å². The van der Waals surface area contributed by atoms with Crippen LogP contribution in [-0.4, -0.2) is 28.4 Å². The molecule has 4 rings (SSSR count). The molecule has 1 aliphatic rings. The van der Waals surface area contributed by atoms with Crippen LogP contribution in [0.1, 0.15) is 18.1 Å². The highest BCUT2D eigenvalue weighted by atomic mass is 19.4. The van der Waals surface area contributed by atoms with Crippen molar-refractivity contribution in [1.29, 1.82) is 0 Å². The van der Waals surface area contributed by atoms with Crippen LogP contribution in [0.25, 0.3) is 22.3 Å². The molecule has 1 unspecified atom stereocenters. The minimum atomic E-state index is -4.64. The number of rotatable bonds is 4. The predicted octanol–water partition coefficient (Wildman–Crippen LogP) is 3.43. The fourth-order valence-corrected chi connectivity index (χ4v) is 3.88. The van der Waals surface area contributed by atoms with Crippen LogP contribution in [-0.2, 0) is 16.9 Å². The lowest BCUT2D eigenvalue weighted by Gasteiger charge is -2.29. The van der Waals surface area contributed by atoms with Crippen LogP contribution in [0.4, 0.5) is 13.2 Å². The molecule has 0 saturated carbocycles. The highest BCUT2D eigenvalue weighted by Crippen LogP contribution is 2.55. The number of hydrogen-bond donors (Lipinski definition) is 2. The zero-order valence-electron chi connectivity index (χ0n) is 15.6. The molecular weight excluding hydrogens is 381 g/mol. The van der Waals surface area contributed by atoms with Crippen LogP contribution in [0.15, 0.2) is 54.9 Å². The first-order chi connectivity index (χ1) is 13.7. The SMILES string of the molecule is CC(=O)NCCn1cc(-c2cccc3c2-c2ccccc2C3(N)C(F)(F)F)cn1. The zero-order valence-corrected chi connectivity index (χ0v) is 15.6. The number of fused-ring (bicyclic) bond motifs is 3. The van der Waals surface area contributed by atoms with Gasteiger partial charge in [0.1, 0.15) is 0 Å². The third-order valence-electron chi connectivity index (χ3n) is 5.22. The quantitative estimate of drug-likeness (QED) is 0.705. The maximum absolute atomic E-state index is 14.1. The lowest BCUT2D eigenvalue weighted by Crippen LogP contribution is -2.49. The molecule has 3 aromatic rings. The van der Waals surface area contributed by atoms with Crippen LogP contribution < -0.4 is 11.1 Å². The summed E-state index contributed by atoms with van der Waals surface area (Å²) in [4.78, 5) is 11.0. The van der Waals surface area contributed by atoms with E-state index in [-0.39, 0.29) is 17.0 Å². The molecule has 2 aromatic carbocycles. The van der Waals surface area contributed by atoms with Crippen molar-refractivity contribution in [3.05, 3.63) is 66.0 Å². The summed E-state index contributed by atoms with van der Waals surface area (Å²) >= 11 is 0. The third kappa shape index (κ3) is 3.00. The average Bonchev–Trinajstić information content (AvgIpc) is 3.24. The highest BCUT2D eigenvalue weighted by Gasteiger charge is 2.59. The summed E-state index contributed by atoms with van der Waals surface area (Å²) in [5.41, 5.74) is 5.82. The molecule has 1 heterocycles. The van der Waals surface area contributed by atoms with Crippen molar-refractivity contribution in [3.63, 3.8) is 0 Å². The highest BCUT2D eigenvalue weighted by molar-refractivity contribution is 5.92. The Labute approximate surface area is 165 Å². The molecule has 29 heavy (non-hydrogen) atoms. The van der Waals surface area contributed by atoms with Crippen LogP contribution in [0.3, 0.4) is 0 Å². The second kappa shape index (κ2) is 6.73. The molecule has 1 aromatic heterocycles. The Bertz CT molecular complexity index is 1090. The van der Waals surface area contributed by atoms with Crippen molar-refractivity contribution >= 4 is 5.91 Å². The Kier molecular flexibility index (Phi) is 4.46. The summed E-state index contributed by atoms with van der Waals surface area (Å²) in [5.74, 6) is -0.138. The molecule has 1 atom stereocenters. The molecule has 0 spiro atoms. The predicted molar refractivity (Wildman–Crippen MR) is 103 cm³/mol. The normalized spacial score (nSPS) is 17.7. The zero-order chi connectivity index (χ0) is 20.8. The Morgan fingerprint density at radius 1 is 1.14 bits per heavy atom. The van der Waals surface area contributed by atoms with Crippen molar-refractivity contribution in [2.24, 2.45) is 5.73 Å². The summed E-state index contributed by atoms with van der Waals surface area (Å²) < 4.78 is 43.9. The van der Waals surface area contributed by atoms with Crippen LogP contribution in [0.5, 0.6) is 0 Å². The molecule has 5 nitrogen and oxygen atoms in total. The van der Waals surface area contributed by atoms with Crippen molar-refractivity contribution in [3.8, 4) is 22.3 Å². The van der Waals surface area contributed by atoms with E-state index in [0.29, 0.717) is 35.3 Å². The number of nitrogens with zero attached hydrogens (tertiary/aromatic N) is 2. The summed E-state index contributed by atoms with van der Waals surface area (Å²) in [6, 6.07) is 11.2. The number of benzene rings is 2. The van der Waals surface area contributed by atoms with Crippen LogP contribution >= 0.6 is 0 Å². The number of alkyl halides is 3. The van der Waals surface area contributed by atoms with Gasteiger partial charge < -0.3 is 11.1 Å². The van der Waals surface area contributed by atoms with E-state index in [9.17, 15) is 18.0 Å². The Hall–Kier alpha value is -3.13. The first-order valence-corrected chi connectivity index (χ1v) is 9.09. The molecule has 8 heteroatoms. The third-order valence-corrected chi connectivity index (χ3v) is 5.22. The van der Waals surface area contributed by atoms with Gasteiger partial charge in [-0.1, -0.05) is 42.5 Å². The van der Waals surface area contributed by atoms with Gasteiger partial charge in [-0.2, -0.15) is 18.3 Å². The van der Waals surface area contributed by atoms with Crippen LogP contribution in [0, 0.1) is 0 Å². The fourth-order valence-electron chi connectivity index (χ4n) is 3.88. The van der Waals surface area contributed by atoms with E-state index in [4.69, 9.17) is 5.73 Å². The van der Waals surface area contributed by atoms with Crippen LogP contribution in [0.2, 0.25) is 0 Å². The van der Waals surface area contributed by atoms with Gasteiger partial charge >= 0.3 is 6.18 Å². The van der Waals surface area contributed by atoms with E-state index >= 15 is 0 Å². The minimum Gasteiger partial charge on any atom is -0.354 e. The number of carbonyl (C=O) groups is 1. The number of halogens is 3. The van der Waals surface area contributed by atoms with Crippen molar-refractivity contribution < 1.29 is 18.0 Å². The smallest absolute Gasteiger partial charge is 0.354 e. The first kappa shape index (κ1) is 19.2. The van der Waals surface area contributed by atoms with Crippen molar-refractivity contribution in [2.75, 3.05) is 6.54 Å². The number of carbonyl (C=O) groups excluding carboxylic acids is 1. The van der Waals surface area contributed by atoms with E-state index in [1.54, 1.807) is 47.4 Å². The first-order valence-electron chi connectivity index (χ1n) is 9.09. The second-order valence-electron chi connectivity index (χ2n) is 7.05. The molecule has 0 aliphatic heterocycles. The Balaban J connectivity index is 1.81. The summed E-state index contributed by atoms with van der Waals surface area (Å²) in [5, 5.41) is 6.95. The second-order valence-corrected chi connectivity index (χ2v) is 7.05. The average molecular weight is 400 g/mol. The molecule has 0 bridgehead atoms. The monoisotopic (exact) mass is 400 g/mol. The summed E-state index contributed by atoms with van der Waals surface area (Å²) in [6.07, 6.45) is -1.28. The maximum atomic E-state index is 14.1. The Morgan fingerprint density at radius 3 is 2.55 bits per heavy atom. The van der Waals surface area contributed by atoms with Gasteiger partial charge in [0.05, 0.1) is 12.7 Å². The largest absolute Gasteiger partial charge is 0.414 e. The minimum absolute atomic E-state index is 0.0368. The van der Waals surface area contributed by atoms with Gasteiger partial charge in [0.2, 0.25) is 5.91 Å². The number of amides is 1. The molecule has 3 N–H and O–H groups in total. The van der Waals surface area contributed by atoms with E-state index in [1.165, 1.54) is 19.1 Å². The van der Waals surface area contributed by atoms with Gasteiger partial charge in [0.15, 0.2) is 5.54 Å². The number of nitrogens with two attached hydrogens (primary N) is 1. The molecule has 150 valence electrons. The van der Waals surface area contributed by atoms with E-state index in [0.717, 1.165) is 0 Å². The molecule has 0 saturated heterocycles. The number of aromatic nitrogens is 2. The van der Waals surface area contributed by atoms with Crippen molar-refractivity contribution in [1.82, 2.24) is 15.1 Å². The van der Waals surface area contributed by atoms with Crippen molar-refractivity contribution in [2.45, 2.75) is 25.2 Å². The topological polar surface area (TPSA) is 72.9 Å². The molecule has 0 radical (unpaired) electrons. The van der Waals surface area contributed by atoms with E-state index in [1.807, 2.05) is 0 Å². The summed E-state index contributed by atoms with van der Waals surface area (Å²) in [7, 11) is 0. The fraction of sp³-hybridized carbons (Fsp3) is 0.238. The molecule has 0 fully saturated rings. The molecule has 1 aliphatic carbocycles.